The number of anilines is 2. The summed E-state index contributed by atoms with van der Waals surface area (Å²) in [5.41, 5.74) is 7.96. The summed E-state index contributed by atoms with van der Waals surface area (Å²) in [5, 5.41) is 7.01. The van der Waals surface area contributed by atoms with Crippen LogP contribution in [0.2, 0.25) is 0 Å². The van der Waals surface area contributed by atoms with Gasteiger partial charge in [0.15, 0.2) is 0 Å². The third-order valence-electron chi connectivity index (χ3n) is 1.91. The molecule has 0 aliphatic rings. The van der Waals surface area contributed by atoms with Gasteiger partial charge >= 0.3 is 0 Å². The molecule has 2 aromatic heterocycles. The highest BCUT2D eigenvalue weighted by Crippen LogP contribution is 2.11. The minimum atomic E-state index is 0.600. The Bertz CT molecular complexity index is 452. The van der Waals surface area contributed by atoms with Gasteiger partial charge in [-0.1, -0.05) is 5.16 Å². The number of hydrogen-bond acceptors (Lipinski definition) is 5. The van der Waals surface area contributed by atoms with E-state index in [0.29, 0.717) is 12.2 Å². The standard InChI is InChI=1S/C10H12N4O/c1-7-2-10(14-15-7)6-13-9-3-8(11)4-12-5-9/h2-5,13H,6,11H2,1H3. The first-order valence-corrected chi connectivity index (χ1v) is 4.60. The molecule has 2 rings (SSSR count). The predicted octanol–water partition coefficient (Wildman–Crippen LogP) is 1.57. The van der Waals surface area contributed by atoms with Crippen LogP contribution in [0.1, 0.15) is 11.5 Å². The predicted molar refractivity (Wildman–Crippen MR) is 57.2 cm³/mol. The highest BCUT2D eigenvalue weighted by molar-refractivity contribution is 5.51. The van der Waals surface area contributed by atoms with Gasteiger partial charge < -0.3 is 15.6 Å². The first-order valence-electron chi connectivity index (χ1n) is 4.60. The van der Waals surface area contributed by atoms with Gasteiger partial charge in [-0.15, -0.1) is 0 Å². The quantitative estimate of drug-likeness (QED) is 0.793. The van der Waals surface area contributed by atoms with Gasteiger partial charge in [-0.05, 0) is 13.0 Å². The summed E-state index contributed by atoms with van der Waals surface area (Å²) in [6, 6.07) is 3.70. The Balaban J connectivity index is 1.99. The molecule has 2 heterocycles. The van der Waals surface area contributed by atoms with Gasteiger partial charge in [0, 0.05) is 12.3 Å². The molecular formula is C10H12N4O. The van der Waals surface area contributed by atoms with E-state index in [1.165, 1.54) is 0 Å². The fourth-order valence-electron chi connectivity index (χ4n) is 1.25. The third-order valence-corrected chi connectivity index (χ3v) is 1.91. The molecule has 0 radical (unpaired) electrons. The van der Waals surface area contributed by atoms with Gasteiger partial charge in [-0.25, -0.2) is 0 Å². The highest BCUT2D eigenvalue weighted by Gasteiger charge is 2.00. The molecule has 0 unspecified atom stereocenters. The van der Waals surface area contributed by atoms with Crippen LogP contribution in [0.4, 0.5) is 11.4 Å². The highest BCUT2D eigenvalue weighted by atomic mass is 16.5. The van der Waals surface area contributed by atoms with Gasteiger partial charge in [-0.3, -0.25) is 4.98 Å². The number of nitrogens with two attached hydrogens (primary N) is 1. The topological polar surface area (TPSA) is 77.0 Å². The van der Waals surface area contributed by atoms with E-state index in [9.17, 15) is 0 Å². The number of nitrogens with one attached hydrogen (secondary N) is 1. The fourth-order valence-corrected chi connectivity index (χ4v) is 1.25. The van der Waals surface area contributed by atoms with Crippen LogP contribution in [0.5, 0.6) is 0 Å². The fraction of sp³-hybridized carbons (Fsp3) is 0.200. The molecule has 3 N–H and O–H groups in total. The lowest BCUT2D eigenvalue weighted by atomic mass is 10.3. The number of nitrogen functional groups attached to an aromatic ring is 1. The van der Waals surface area contributed by atoms with E-state index < -0.39 is 0 Å². The average molecular weight is 204 g/mol. The Morgan fingerprint density at radius 2 is 2.27 bits per heavy atom. The molecule has 15 heavy (non-hydrogen) atoms. The van der Waals surface area contributed by atoms with E-state index in [1.807, 2.05) is 19.1 Å². The van der Waals surface area contributed by atoms with Gasteiger partial charge in [-0.2, -0.15) is 0 Å². The van der Waals surface area contributed by atoms with Crippen molar-refractivity contribution in [2.24, 2.45) is 0 Å². The Hall–Kier alpha value is -2.04. The van der Waals surface area contributed by atoms with Crippen molar-refractivity contribution in [2.45, 2.75) is 13.5 Å². The molecule has 2 aromatic rings. The van der Waals surface area contributed by atoms with Crippen molar-refractivity contribution in [1.29, 1.82) is 0 Å². The van der Waals surface area contributed by atoms with E-state index in [2.05, 4.69) is 15.5 Å². The summed E-state index contributed by atoms with van der Waals surface area (Å²) in [4.78, 5) is 3.97. The number of aromatic nitrogens is 2. The molecule has 0 aromatic carbocycles. The molecule has 0 atom stereocenters. The van der Waals surface area contributed by atoms with Crippen LogP contribution in [-0.2, 0) is 6.54 Å². The second kappa shape index (κ2) is 4.00. The lowest BCUT2D eigenvalue weighted by Gasteiger charge is -2.03. The number of pyridine rings is 1. The Labute approximate surface area is 87.3 Å². The molecule has 78 valence electrons. The lowest BCUT2D eigenvalue weighted by molar-refractivity contribution is 0.391. The zero-order chi connectivity index (χ0) is 10.7. The molecule has 5 heteroatoms. The van der Waals surface area contributed by atoms with Crippen LogP contribution in [-0.4, -0.2) is 10.1 Å². The molecule has 0 aliphatic heterocycles. The molecule has 0 bridgehead atoms. The average Bonchev–Trinajstić information content (AvgIpc) is 2.62. The second-order valence-corrected chi connectivity index (χ2v) is 3.29. The minimum absolute atomic E-state index is 0.600. The summed E-state index contributed by atoms with van der Waals surface area (Å²) in [5.74, 6) is 0.803. The van der Waals surface area contributed by atoms with Gasteiger partial charge in [0.2, 0.25) is 0 Å². The maximum atomic E-state index is 5.60. The lowest BCUT2D eigenvalue weighted by Crippen LogP contribution is -2.00. The summed E-state index contributed by atoms with van der Waals surface area (Å²) >= 11 is 0. The second-order valence-electron chi connectivity index (χ2n) is 3.29. The molecule has 0 fully saturated rings. The number of rotatable bonds is 3. The molecule has 0 aliphatic carbocycles. The van der Waals surface area contributed by atoms with Crippen molar-refractivity contribution in [3.63, 3.8) is 0 Å². The normalized spacial score (nSPS) is 10.2. The molecule has 0 spiro atoms. The minimum Gasteiger partial charge on any atom is -0.397 e. The molecule has 0 amide bonds. The first kappa shape index (κ1) is 9.51. The van der Waals surface area contributed by atoms with Crippen LogP contribution < -0.4 is 11.1 Å². The Morgan fingerprint density at radius 3 is 2.93 bits per heavy atom. The van der Waals surface area contributed by atoms with Gasteiger partial charge in [0.1, 0.15) is 11.5 Å². The van der Waals surface area contributed by atoms with E-state index in [0.717, 1.165) is 17.1 Å². The third kappa shape index (κ3) is 2.46. The number of nitrogens with zero attached hydrogens (tertiary/aromatic N) is 2. The Morgan fingerprint density at radius 1 is 1.40 bits per heavy atom. The first-order chi connectivity index (χ1) is 7.24. The van der Waals surface area contributed by atoms with Crippen molar-refractivity contribution in [3.05, 3.63) is 36.0 Å². The summed E-state index contributed by atoms with van der Waals surface area (Å²) < 4.78 is 4.95. The van der Waals surface area contributed by atoms with Crippen molar-refractivity contribution in [2.75, 3.05) is 11.1 Å². The Kier molecular flexibility index (Phi) is 2.53. The summed E-state index contributed by atoms with van der Waals surface area (Å²) in [6.45, 7) is 2.46. The van der Waals surface area contributed by atoms with Crippen LogP contribution in [0.15, 0.2) is 29.0 Å². The zero-order valence-corrected chi connectivity index (χ0v) is 8.40. The SMILES string of the molecule is Cc1cc(CNc2cncc(N)c2)no1. The van der Waals surface area contributed by atoms with Crippen LogP contribution in [0.25, 0.3) is 0 Å². The van der Waals surface area contributed by atoms with Gasteiger partial charge in [0.25, 0.3) is 0 Å². The van der Waals surface area contributed by atoms with E-state index in [1.54, 1.807) is 12.4 Å². The van der Waals surface area contributed by atoms with Crippen molar-refractivity contribution in [3.8, 4) is 0 Å². The zero-order valence-electron chi connectivity index (χ0n) is 8.40. The monoisotopic (exact) mass is 204 g/mol. The van der Waals surface area contributed by atoms with Crippen LogP contribution in [0, 0.1) is 6.92 Å². The molecular weight excluding hydrogens is 192 g/mol. The van der Waals surface area contributed by atoms with Crippen molar-refractivity contribution >= 4 is 11.4 Å². The van der Waals surface area contributed by atoms with E-state index >= 15 is 0 Å². The van der Waals surface area contributed by atoms with Gasteiger partial charge in [0.05, 0.1) is 24.1 Å². The number of aryl methyl sites for hydroxylation is 1. The summed E-state index contributed by atoms with van der Waals surface area (Å²) in [6.07, 6.45) is 3.31. The maximum Gasteiger partial charge on any atom is 0.133 e. The number of hydrogen-bond donors (Lipinski definition) is 2. The smallest absolute Gasteiger partial charge is 0.133 e. The van der Waals surface area contributed by atoms with Crippen molar-refractivity contribution in [1.82, 2.24) is 10.1 Å². The van der Waals surface area contributed by atoms with E-state index in [-0.39, 0.29) is 0 Å². The molecule has 0 saturated heterocycles. The van der Waals surface area contributed by atoms with Crippen molar-refractivity contribution < 1.29 is 4.52 Å². The van der Waals surface area contributed by atoms with Crippen LogP contribution >= 0.6 is 0 Å². The maximum absolute atomic E-state index is 5.60. The largest absolute Gasteiger partial charge is 0.397 e. The molecule has 0 saturated carbocycles. The molecule has 5 nitrogen and oxygen atoms in total. The van der Waals surface area contributed by atoms with E-state index in [4.69, 9.17) is 10.3 Å². The summed E-state index contributed by atoms with van der Waals surface area (Å²) in [7, 11) is 0. The van der Waals surface area contributed by atoms with Crippen LogP contribution in [0.3, 0.4) is 0 Å².